The SMILES string of the molecule is O=C(OC(C(=O)O)C(OC(=O)c1ccccc1)C(=O)NNC(=O)c1ccco1)c1ccccc1. The molecule has 0 saturated heterocycles. The van der Waals surface area contributed by atoms with Crippen molar-refractivity contribution in [3.8, 4) is 0 Å². The molecule has 0 fully saturated rings. The minimum absolute atomic E-state index is 0.00779. The van der Waals surface area contributed by atoms with Crippen molar-refractivity contribution in [3.05, 3.63) is 95.9 Å². The van der Waals surface area contributed by atoms with Crippen LogP contribution in [-0.2, 0) is 19.1 Å². The molecule has 174 valence electrons. The lowest BCUT2D eigenvalue weighted by Gasteiger charge is -2.23. The first-order valence-corrected chi connectivity index (χ1v) is 9.75. The fourth-order valence-electron chi connectivity index (χ4n) is 2.67. The summed E-state index contributed by atoms with van der Waals surface area (Å²) in [5.41, 5.74) is 3.97. The summed E-state index contributed by atoms with van der Waals surface area (Å²) in [6.07, 6.45) is -3.17. The van der Waals surface area contributed by atoms with Crippen LogP contribution in [0.5, 0.6) is 0 Å². The molecule has 11 heteroatoms. The van der Waals surface area contributed by atoms with Crippen LogP contribution >= 0.6 is 0 Å². The van der Waals surface area contributed by atoms with Gasteiger partial charge >= 0.3 is 23.8 Å². The minimum atomic E-state index is -2.24. The van der Waals surface area contributed by atoms with Gasteiger partial charge in [-0.25, -0.2) is 14.4 Å². The summed E-state index contributed by atoms with van der Waals surface area (Å²) in [6.45, 7) is 0. The summed E-state index contributed by atoms with van der Waals surface area (Å²) in [4.78, 5) is 61.6. The Bertz CT molecular complexity index is 1160. The summed E-state index contributed by atoms with van der Waals surface area (Å²) in [6, 6.07) is 17.6. The molecule has 0 aliphatic heterocycles. The van der Waals surface area contributed by atoms with E-state index in [1.165, 1.54) is 66.9 Å². The summed E-state index contributed by atoms with van der Waals surface area (Å²) < 4.78 is 15.0. The lowest BCUT2D eigenvalue weighted by molar-refractivity contribution is -0.159. The molecular formula is C23H18N2O9. The summed E-state index contributed by atoms with van der Waals surface area (Å²) in [7, 11) is 0. The monoisotopic (exact) mass is 466 g/mol. The summed E-state index contributed by atoms with van der Waals surface area (Å²) in [5.74, 6) is -6.16. The zero-order valence-electron chi connectivity index (χ0n) is 17.4. The van der Waals surface area contributed by atoms with Gasteiger partial charge in [-0.3, -0.25) is 20.4 Å². The van der Waals surface area contributed by atoms with Gasteiger partial charge in [0.25, 0.3) is 5.91 Å². The van der Waals surface area contributed by atoms with Gasteiger partial charge in [-0.2, -0.15) is 0 Å². The average Bonchev–Trinajstić information content (AvgIpc) is 3.40. The predicted molar refractivity (Wildman–Crippen MR) is 113 cm³/mol. The first kappa shape index (κ1) is 23.7. The Morgan fingerprint density at radius 2 is 1.24 bits per heavy atom. The maximum absolute atomic E-state index is 12.8. The molecule has 1 aromatic heterocycles. The number of carboxylic acid groups (broad SMARTS) is 1. The van der Waals surface area contributed by atoms with E-state index in [9.17, 15) is 29.1 Å². The van der Waals surface area contributed by atoms with Gasteiger partial charge in [-0.05, 0) is 36.4 Å². The highest BCUT2D eigenvalue weighted by Gasteiger charge is 2.41. The molecule has 11 nitrogen and oxygen atoms in total. The average molecular weight is 466 g/mol. The number of hydrogen-bond acceptors (Lipinski definition) is 8. The molecule has 0 aliphatic carbocycles. The van der Waals surface area contributed by atoms with Crippen molar-refractivity contribution in [3.63, 3.8) is 0 Å². The van der Waals surface area contributed by atoms with Gasteiger partial charge < -0.3 is 19.0 Å². The molecular weight excluding hydrogens is 448 g/mol. The zero-order chi connectivity index (χ0) is 24.5. The second-order valence-corrected chi connectivity index (χ2v) is 6.64. The molecule has 34 heavy (non-hydrogen) atoms. The lowest BCUT2D eigenvalue weighted by Crippen LogP contribution is -2.54. The molecule has 0 spiro atoms. The summed E-state index contributed by atoms with van der Waals surface area (Å²) in [5, 5.41) is 9.65. The third-order valence-electron chi connectivity index (χ3n) is 4.31. The molecule has 3 aromatic rings. The summed E-state index contributed by atoms with van der Waals surface area (Å²) >= 11 is 0. The number of amides is 2. The molecule has 0 aliphatic rings. The Hall–Kier alpha value is -4.93. The number of furan rings is 1. The molecule has 0 bridgehead atoms. The van der Waals surface area contributed by atoms with Crippen LogP contribution in [0, 0.1) is 0 Å². The van der Waals surface area contributed by atoms with Crippen LogP contribution < -0.4 is 10.9 Å². The van der Waals surface area contributed by atoms with Crippen LogP contribution in [0.1, 0.15) is 31.3 Å². The quantitative estimate of drug-likeness (QED) is 0.330. The Labute approximate surface area is 192 Å². The van der Waals surface area contributed by atoms with Crippen LogP contribution in [0.25, 0.3) is 0 Å². The number of nitrogens with one attached hydrogen (secondary N) is 2. The normalized spacial score (nSPS) is 12.0. The van der Waals surface area contributed by atoms with Gasteiger partial charge in [0.05, 0.1) is 17.4 Å². The van der Waals surface area contributed by atoms with Crippen molar-refractivity contribution in [2.24, 2.45) is 0 Å². The van der Waals surface area contributed by atoms with E-state index < -0.39 is 41.9 Å². The van der Waals surface area contributed by atoms with Crippen LogP contribution in [-0.4, -0.2) is 47.0 Å². The maximum atomic E-state index is 12.8. The second-order valence-electron chi connectivity index (χ2n) is 6.64. The number of carbonyl (C=O) groups is 5. The second kappa shape index (κ2) is 11.1. The first-order valence-electron chi connectivity index (χ1n) is 9.75. The number of ether oxygens (including phenoxy) is 2. The number of carbonyl (C=O) groups excluding carboxylic acids is 4. The van der Waals surface area contributed by atoms with E-state index in [1.54, 1.807) is 12.1 Å². The van der Waals surface area contributed by atoms with Crippen molar-refractivity contribution in [1.82, 2.24) is 10.9 Å². The van der Waals surface area contributed by atoms with Crippen molar-refractivity contribution in [1.29, 1.82) is 0 Å². The third-order valence-corrected chi connectivity index (χ3v) is 4.31. The standard InChI is InChI=1S/C23H18N2O9/c26-19(16-12-7-13-32-16)24-25-20(27)17(33-22(30)14-8-3-1-4-9-14)18(21(28)29)34-23(31)15-10-5-2-6-11-15/h1-13,17-18H,(H,24,26)(H,25,27)(H,28,29). The number of hydrogen-bond donors (Lipinski definition) is 3. The number of rotatable bonds is 8. The van der Waals surface area contributed by atoms with E-state index in [2.05, 4.69) is 0 Å². The van der Waals surface area contributed by atoms with E-state index in [4.69, 9.17) is 13.9 Å². The highest BCUT2D eigenvalue weighted by Crippen LogP contribution is 2.13. The minimum Gasteiger partial charge on any atom is -0.478 e. The Morgan fingerprint density at radius 3 is 1.71 bits per heavy atom. The smallest absolute Gasteiger partial charge is 0.349 e. The van der Waals surface area contributed by atoms with E-state index in [1.807, 2.05) is 10.9 Å². The first-order chi connectivity index (χ1) is 16.4. The number of aliphatic carboxylic acids is 1. The van der Waals surface area contributed by atoms with Crippen LogP contribution in [0.4, 0.5) is 0 Å². The highest BCUT2D eigenvalue weighted by atomic mass is 16.6. The molecule has 2 atom stereocenters. The fourth-order valence-corrected chi connectivity index (χ4v) is 2.67. The molecule has 0 saturated carbocycles. The number of benzene rings is 2. The van der Waals surface area contributed by atoms with Gasteiger partial charge in [-0.15, -0.1) is 0 Å². The van der Waals surface area contributed by atoms with Crippen LogP contribution in [0.3, 0.4) is 0 Å². The third kappa shape index (κ3) is 6.07. The fraction of sp³-hybridized carbons (Fsp3) is 0.0870. The maximum Gasteiger partial charge on any atom is 0.349 e. The lowest BCUT2D eigenvalue weighted by atomic mass is 10.1. The Kier molecular flexibility index (Phi) is 7.74. The van der Waals surface area contributed by atoms with Crippen LogP contribution in [0.2, 0.25) is 0 Å². The van der Waals surface area contributed by atoms with Gasteiger partial charge in [0.15, 0.2) is 5.76 Å². The van der Waals surface area contributed by atoms with Crippen molar-refractivity contribution >= 4 is 29.7 Å². The Balaban J connectivity index is 1.82. The molecule has 2 unspecified atom stereocenters. The molecule has 1 heterocycles. The zero-order valence-corrected chi connectivity index (χ0v) is 17.4. The topological polar surface area (TPSA) is 161 Å². The molecule has 0 radical (unpaired) electrons. The van der Waals surface area contributed by atoms with Gasteiger partial charge in [0, 0.05) is 0 Å². The van der Waals surface area contributed by atoms with Crippen molar-refractivity contribution in [2.45, 2.75) is 12.2 Å². The largest absolute Gasteiger partial charge is 0.478 e. The molecule has 2 aromatic carbocycles. The van der Waals surface area contributed by atoms with Crippen LogP contribution in [0.15, 0.2) is 83.5 Å². The van der Waals surface area contributed by atoms with E-state index in [-0.39, 0.29) is 16.9 Å². The van der Waals surface area contributed by atoms with Gasteiger partial charge in [-0.1, -0.05) is 36.4 Å². The van der Waals surface area contributed by atoms with Crippen molar-refractivity contribution in [2.75, 3.05) is 0 Å². The highest BCUT2D eigenvalue weighted by molar-refractivity contribution is 5.98. The van der Waals surface area contributed by atoms with E-state index in [0.717, 1.165) is 0 Å². The molecule has 3 rings (SSSR count). The van der Waals surface area contributed by atoms with Gasteiger partial charge in [0.1, 0.15) is 0 Å². The predicted octanol–water partition coefficient (Wildman–Crippen LogP) is 1.58. The van der Waals surface area contributed by atoms with E-state index >= 15 is 0 Å². The number of hydrazine groups is 1. The Morgan fingerprint density at radius 1 is 0.706 bits per heavy atom. The number of carboxylic acids is 1. The van der Waals surface area contributed by atoms with E-state index in [0.29, 0.717) is 0 Å². The van der Waals surface area contributed by atoms with Gasteiger partial charge in [0.2, 0.25) is 12.2 Å². The number of esters is 2. The molecule has 3 N–H and O–H groups in total. The van der Waals surface area contributed by atoms with Crippen molar-refractivity contribution < 1.29 is 43.0 Å². The molecule has 2 amide bonds.